The van der Waals surface area contributed by atoms with Crippen LogP contribution in [0.2, 0.25) is 0 Å². The van der Waals surface area contributed by atoms with Crippen LogP contribution in [0.4, 0.5) is 17.3 Å². The fourth-order valence-corrected chi connectivity index (χ4v) is 4.20. The summed E-state index contributed by atoms with van der Waals surface area (Å²) in [6, 6.07) is 12.4. The van der Waals surface area contributed by atoms with Gasteiger partial charge in [0.25, 0.3) is 5.88 Å². The highest BCUT2D eigenvalue weighted by Crippen LogP contribution is 2.26. The van der Waals surface area contributed by atoms with Crippen LogP contribution in [0.5, 0.6) is 5.88 Å². The molecule has 9 heteroatoms. The Labute approximate surface area is 200 Å². The molecule has 2 aliphatic rings. The van der Waals surface area contributed by atoms with Gasteiger partial charge in [-0.3, -0.25) is 0 Å². The Balaban J connectivity index is 1.26. The summed E-state index contributed by atoms with van der Waals surface area (Å²) in [5, 5.41) is 0. The summed E-state index contributed by atoms with van der Waals surface area (Å²) >= 11 is 0. The van der Waals surface area contributed by atoms with Crippen molar-refractivity contribution in [2.24, 2.45) is 0 Å². The molecule has 178 valence electrons. The predicted octanol–water partition coefficient (Wildman–Crippen LogP) is 2.29. The van der Waals surface area contributed by atoms with E-state index >= 15 is 0 Å². The number of aromatic nitrogens is 3. The number of hydrogen-bond donors (Lipinski definition) is 1. The van der Waals surface area contributed by atoms with Gasteiger partial charge >= 0.3 is 0 Å². The van der Waals surface area contributed by atoms with Crippen molar-refractivity contribution in [1.82, 2.24) is 19.9 Å². The standard InChI is InChI=1S/C25H31N7O2/c1-30-8-10-31(11-9-30)21-4-2-20(3-5-21)22-17-28-24(26)25(29-22)34-18-19-6-7-27-23(16-19)32-12-14-33-15-13-32/h2-7,16-17H,8-15,18H2,1H3,(H2,26,28). The summed E-state index contributed by atoms with van der Waals surface area (Å²) in [4.78, 5) is 20.4. The number of benzene rings is 1. The number of likely N-dealkylation sites (N-methyl/N-ethyl adjacent to an activating group) is 1. The van der Waals surface area contributed by atoms with Crippen molar-refractivity contribution < 1.29 is 9.47 Å². The van der Waals surface area contributed by atoms with E-state index in [1.807, 2.05) is 12.1 Å². The van der Waals surface area contributed by atoms with E-state index in [0.29, 0.717) is 12.5 Å². The molecule has 0 bridgehead atoms. The van der Waals surface area contributed by atoms with Crippen LogP contribution in [0.3, 0.4) is 0 Å². The highest BCUT2D eigenvalue weighted by molar-refractivity contribution is 5.64. The number of nitrogen functional groups attached to an aromatic ring is 1. The minimum atomic E-state index is 0.278. The van der Waals surface area contributed by atoms with Crippen LogP contribution in [0.1, 0.15) is 5.56 Å². The largest absolute Gasteiger partial charge is 0.470 e. The number of morpholine rings is 1. The Morgan fingerprint density at radius 2 is 1.71 bits per heavy atom. The van der Waals surface area contributed by atoms with Crippen LogP contribution in [-0.4, -0.2) is 79.4 Å². The quantitative estimate of drug-likeness (QED) is 0.593. The SMILES string of the molecule is CN1CCN(c2ccc(-c3cnc(N)c(OCc4ccnc(N5CCOCC5)c4)n3)cc2)CC1. The van der Waals surface area contributed by atoms with Crippen molar-refractivity contribution in [3.05, 3.63) is 54.4 Å². The first kappa shape index (κ1) is 22.4. The van der Waals surface area contributed by atoms with E-state index in [1.54, 1.807) is 12.4 Å². The zero-order chi connectivity index (χ0) is 23.3. The minimum Gasteiger partial charge on any atom is -0.470 e. The molecular formula is C25H31N7O2. The van der Waals surface area contributed by atoms with Crippen LogP contribution < -0.4 is 20.3 Å². The summed E-state index contributed by atoms with van der Waals surface area (Å²) in [6.45, 7) is 7.70. The number of ether oxygens (including phenoxy) is 2. The van der Waals surface area contributed by atoms with E-state index in [0.717, 1.165) is 75.1 Å². The van der Waals surface area contributed by atoms with Crippen molar-refractivity contribution in [2.75, 3.05) is 75.1 Å². The normalized spacial score (nSPS) is 17.1. The van der Waals surface area contributed by atoms with Gasteiger partial charge < -0.3 is 29.9 Å². The van der Waals surface area contributed by atoms with Gasteiger partial charge in [0.15, 0.2) is 5.82 Å². The summed E-state index contributed by atoms with van der Waals surface area (Å²) in [5.41, 5.74) is 10.0. The van der Waals surface area contributed by atoms with Gasteiger partial charge in [0.05, 0.1) is 25.1 Å². The lowest BCUT2D eigenvalue weighted by atomic mass is 10.1. The molecule has 5 rings (SSSR count). The molecular weight excluding hydrogens is 430 g/mol. The molecule has 0 saturated carbocycles. The van der Waals surface area contributed by atoms with Crippen LogP contribution in [0.15, 0.2) is 48.8 Å². The molecule has 2 aromatic heterocycles. The predicted molar refractivity (Wildman–Crippen MR) is 133 cm³/mol. The first-order valence-electron chi connectivity index (χ1n) is 11.7. The van der Waals surface area contributed by atoms with E-state index in [2.05, 4.69) is 61.0 Å². The number of piperazine rings is 1. The van der Waals surface area contributed by atoms with Crippen LogP contribution >= 0.6 is 0 Å². The van der Waals surface area contributed by atoms with E-state index < -0.39 is 0 Å². The van der Waals surface area contributed by atoms with Gasteiger partial charge in [-0.2, -0.15) is 0 Å². The summed E-state index contributed by atoms with van der Waals surface area (Å²) in [7, 11) is 2.16. The lowest BCUT2D eigenvalue weighted by Crippen LogP contribution is -2.44. The van der Waals surface area contributed by atoms with E-state index in [-0.39, 0.29) is 5.82 Å². The maximum atomic E-state index is 6.07. The lowest BCUT2D eigenvalue weighted by molar-refractivity contribution is 0.122. The highest BCUT2D eigenvalue weighted by atomic mass is 16.5. The Morgan fingerprint density at radius 1 is 0.941 bits per heavy atom. The number of rotatable bonds is 6. The first-order chi connectivity index (χ1) is 16.7. The van der Waals surface area contributed by atoms with Gasteiger partial charge in [-0.05, 0) is 36.9 Å². The molecule has 2 saturated heterocycles. The number of anilines is 3. The van der Waals surface area contributed by atoms with Gasteiger partial charge in [0.2, 0.25) is 0 Å². The molecule has 1 aromatic carbocycles. The van der Waals surface area contributed by atoms with Gasteiger partial charge in [0, 0.05) is 56.7 Å². The van der Waals surface area contributed by atoms with Crippen molar-refractivity contribution in [1.29, 1.82) is 0 Å². The second-order valence-corrected chi connectivity index (χ2v) is 8.69. The van der Waals surface area contributed by atoms with E-state index in [4.69, 9.17) is 15.2 Å². The Kier molecular flexibility index (Phi) is 6.73. The van der Waals surface area contributed by atoms with Crippen molar-refractivity contribution >= 4 is 17.3 Å². The van der Waals surface area contributed by atoms with Crippen molar-refractivity contribution in [3.8, 4) is 17.1 Å². The molecule has 2 aliphatic heterocycles. The van der Waals surface area contributed by atoms with Gasteiger partial charge in [-0.1, -0.05) is 12.1 Å². The molecule has 34 heavy (non-hydrogen) atoms. The molecule has 0 amide bonds. The Bertz CT molecular complexity index is 1090. The fourth-order valence-electron chi connectivity index (χ4n) is 4.20. The Hall–Kier alpha value is -3.43. The summed E-state index contributed by atoms with van der Waals surface area (Å²) < 4.78 is 11.4. The fraction of sp³-hybridized carbons (Fsp3) is 0.400. The Morgan fingerprint density at radius 3 is 2.47 bits per heavy atom. The van der Waals surface area contributed by atoms with Crippen LogP contribution in [0.25, 0.3) is 11.3 Å². The van der Waals surface area contributed by atoms with E-state index in [1.165, 1.54) is 5.69 Å². The van der Waals surface area contributed by atoms with Crippen LogP contribution in [-0.2, 0) is 11.3 Å². The zero-order valence-corrected chi connectivity index (χ0v) is 19.6. The monoisotopic (exact) mass is 461 g/mol. The average molecular weight is 462 g/mol. The lowest BCUT2D eigenvalue weighted by Gasteiger charge is -2.34. The minimum absolute atomic E-state index is 0.278. The van der Waals surface area contributed by atoms with Crippen molar-refractivity contribution in [3.63, 3.8) is 0 Å². The maximum absolute atomic E-state index is 6.07. The molecule has 2 N–H and O–H groups in total. The number of hydrogen-bond acceptors (Lipinski definition) is 9. The van der Waals surface area contributed by atoms with Crippen molar-refractivity contribution in [2.45, 2.75) is 6.61 Å². The second-order valence-electron chi connectivity index (χ2n) is 8.69. The van der Waals surface area contributed by atoms with Gasteiger partial charge in [-0.25, -0.2) is 15.0 Å². The molecule has 9 nitrogen and oxygen atoms in total. The number of nitrogens with two attached hydrogens (primary N) is 1. The maximum Gasteiger partial charge on any atom is 0.258 e. The molecule has 3 aromatic rings. The summed E-state index contributed by atoms with van der Waals surface area (Å²) in [6.07, 6.45) is 3.49. The van der Waals surface area contributed by atoms with Gasteiger partial charge in [0.1, 0.15) is 12.4 Å². The number of pyridine rings is 1. The average Bonchev–Trinajstić information content (AvgIpc) is 2.89. The topological polar surface area (TPSA) is 92.9 Å². The smallest absolute Gasteiger partial charge is 0.258 e. The molecule has 0 atom stereocenters. The molecule has 2 fully saturated rings. The van der Waals surface area contributed by atoms with E-state index in [9.17, 15) is 0 Å². The second kappa shape index (κ2) is 10.2. The zero-order valence-electron chi connectivity index (χ0n) is 19.6. The number of nitrogens with zero attached hydrogens (tertiary/aromatic N) is 6. The van der Waals surface area contributed by atoms with Gasteiger partial charge in [-0.15, -0.1) is 0 Å². The molecule has 0 unspecified atom stereocenters. The third kappa shape index (κ3) is 5.21. The van der Waals surface area contributed by atoms with Crippen LogP contribution in [0, 0.1) is 0 Å². The molecule has 0 aliphatic carbocycles. The molecule has 0 radical (unpaired) electrons. The highest BCUT2D eigenvalue weighted by Gasteiger charge is 2.16. The third-order valence-electron chi connectivity index (χ3n) is 6.32. The molecule has 4 heterocycles. The summed E-state index contributed by atoms with van der Waals surface area (Å²) in [5.74, 6) is 1.54. The first-order valence-corrected chi connectivity index (χ1v) is 11.7. The molecule has 0 spiro atoms. The third-order valence-corrected chi connectivity index (χ3v) is 6.32.